The highest BCUT2D eigenvalue weighted by Crippen LogP contribution is 2.69. The standard InChI is InChI=1S/C18H21Cl2NO4/c1-16(2,3)25-15(24)21-7-6-17(9-18(17,10-22)14(21)23)11-4-5-12(19)13(20)8-11/h4-5,8,22H,6-7,9-10H2,1-3H3/t17-,18+/m1/s1. The molecule has 1 saturated heterocycles. The molecule has 1 aromatic carbocycles. The van der Waals surface area contributed by atoms with E-state index < -0.39 is 22.5 Å². The maximum Gasteiger partial charge on any atom is 0.417 e. The first-order valence-corrected chi connectivity index (χ1v) is 8.93. The van der Waals surface area contributed by atoms with Gasteiger partial charge in [-0.1, -0.05) is 29.3 Å². The van der Waals surface area contributed by atoms with Gasteiger partial charge in [0.25, 0.3) is 0 Å². The average molecular weight is 386 g/mol. The van der Waals surface area contributed by atoms with E-state index in [0.29, 0.717) is 22.9 Å². The van der Waals surface area contributed by atoms with Crippen molar-refractivity contribution in [3.05, 3.63) is 33.8 Å². The zero-order valence-electron chi connectivity index (χ0n) is 14.4. The molecule has 0 unspecified atom stereocenters. The second-order valence-electron chi connectivity index (χ2n) is 7.82. The lowest BCUT2D eigenvalue weighted by Crippen LogP contribution is -2.52. The first kappa shape index (κ1) is 18.5. The van der Waals surface area contributed by atoms with Crippen LogP contribution in [-0.2, 0) is 14.9 Å². The van der Waals surface area contributed by atoms with E-state index in [-0.39, 0.29) is 19.1 Å². The van der Waals surface area contributed by atoms with Crippen LogP contribution in [-0.4, -0.2) is 40.8 Å². The van der Waals surface area contributed by atoms with Crippen molar-refractivity contribution in [2.45, 2.75) is 44.6 Å². The highest BCUT2D eigenvalue weighted by atomic mass is 35.5. The van der Waals surface area contributed by atoms with Crippen LogP contribution in [0.3, 0.4) is 0 Å². The summed E-state index contributed by atoms with van der Waals surface area (Å²) in [6.07, 6.45) is 0.364. The predicted octanol–water partition coefficient (Wildman–Crippen LogP) is 3.78. The molecule has 136 valence electrons. The Morgan fingerprint density at radius 3 is 2.56 bits per heavy atom. The van der Waals surface area contributed by atoms with Gasteiger partial charge in [-0.05, 0) is 51.3 Å². The Morgan fingerprint density at radius 2 is 2.00 bits per heavy atom. The van der Waals surface area contributed by atoms with E-state index >= 15 is 0 Å². The number of piperidine rings is 1. The highest BCUT2D eigenvalue weighted by Gasteiger charge is 2.75. The van der Waals surface area contributed by atoms with Crippen LogP contribution in [0.1, 0.15) is 39.2 Å². The number of likely N-dealkylation sites (tertiary alicyclic amines) is 1. The number of amides is 2. The minimum absolute atomic E-state index is 0.246. The minimum Gasteiger partial charge on any atom is -0.443 e. The van der Waals surface area contributed by atoms with Crippen LogP contribution in [0, 0.1) is 5.41 Å². The van der Waals surface area contributed by atoms with Crippen molar-refractivity contribution in [3.8, 4) is 0 Å². The Bertz CT molecular complexity index is 745. The van der Waals surface area contributed by atoms with Crippen LogP contribution in [0.25, 0.3) is 0 Å². The number of hydrogen-bond donors (Lipinski definition) is 1. The Hall–Kier alpha value is -1.30. The Morgan fingerprint density at radius 1 is 1.32 bits per heavy atom. The van der Waals surface area contributed by atoms with Gasteiger partial charge >= 0.3 is 6.09 Å². The summed E-state index contributed by atoms with van der Waals surface area (Å²) in [5, 5.41) is 10.8. The lowest BCUT2D eigenvalue weighted by atomic mass is 9.80. The Labute approximate surface area is 156 Å². The smallest absolute Gasteiger partial charge is 0.417 e. The molecule has 1 aromatic rings. The zero-order chi connectivity index (χ0) is 18.6. The van der Waals surface area contributed by atoms with Gasteiger partial charge in [-0.15, -0.1) is 0 Å². The van der Waals surface area contributed by atoms with Crippen LogP contribution in [0.4, 0.5) is 4.79 Å². The number of carbonyl (C=O) groups is 2. The number of fused-ring (bicyclic) bond motifs is 1. The summed E-state index contributed by atoms with van der Waals surface area (Å²) in [5.74, 6) is -0.387. The van der Waals surface area contributed by atoms with E-state index in [1.807, 2.05) is 6.07 Å². The molecule has 0 bridgehead atoms. The van der Waals surface area contributed by atoms with E-state index in [0.717, 1.165) is 10.5 Å². The summed E-state index contributed by atoms with van der Waals surface area (Å²) in [6, 6.07) is 5.28. The number of imide groups is 1. The molecule has 2 amide bonds. The molecule has 25 heavy (non-hydrogen) atoms. The number of hydrogen-bond acceptors (Lipinski definition) is 4. The molecule has 1 N–H and O–H groups in total. The van der Waals surface area contributed by atoms with Gasteiger partial charge in [-0.25, -0.2) is 9.69 Å². The SMILES string of the molecule is CC(C)(C)OC(=O)N1CC[C@]2(c3ccc(Cl)c(Cl)c3)C[C@]2(CO)C1=O. The molecule has 0 radical (unpaired) electrons. The molecule has 3 rings (SSSR count). The number of aliphatic hydroxyl groups is 1. The third-order valence-corrected chi connectivity index (χ3v) is 5.91. The lowest BCUT2D eigenvalue weighted by Gasteiger charge is -2.36. The summed E-state index contributed by atoms with van der Waals surface area (Å²) in [7, 11) is 0. The van der Waals surface area contributed by atoms with Crippen molar-refractivity contribution < 1.29 is 19.4 Å². The largest absolute Gasteiger partial charge is 0.443 e. The van der Waals surface area contributed by atoms with Gasteiger partial charge in [-0.2, -0.15) is 0 Å². The molecule has 1 aliphatic heterocycles. The molecule has 2 aliphatic rings. The number of ether oxygens (including phenoxy) is 1. The van der Waals surface area contributed by atoms with Crippen LogP contribution < -0.4 is 0 Å². The fraction of sp³-hybridized carbons (Fsp3) is 0.556. The predicted molar refractivity (Wildman–Crippen MR) is 94.8 cm³/mol. The van der Waals surface area contributed by atoms with E-state index in [4.69, 9.17) is 27.9 Å². The van der Waals surface area contributed by atoms with Crippen molar-refractivity contribution in [2.24, 2.45) is 5.41 Å². The summed E-state index contributed by atoms with van der Waals surface area (Å²) < 4.78 is 5.32. The molecule has 1 saturated carbocycles. The Kier molecular flexibility index (Phi) is 4.34. The maximum atomic E-state index is 13.0. The van der Waals surface area contributed by atoms with Crippen LogP contribution >= 0.6 is 23.2 Å². The number of nitrogens with zero attached hydrogens (tertiary/aromatic N) is 1. The number of benzene rings is 1. The van der Waals surface area contributed by atoms with E-state index in [1.54, 1.807) is 32.9 Å². The van der Waals surface area contributed by atoms with E-state index in [9.17, 15) is 14.7 Å². The van der Waals surface area contributed by atoms with Gasteiger partial charge < -0.3 is 9.84 Å². The van der Waals surface area contributed by atoms with Gasteiger partial charge in [0.1, 0.15) is 5.60 Å². The van der Waals surface area contributed by atoms with E-state index in [1.165, 1.54) is 0 Å². The first-order chi connectivity index (χ1) is 11.6. The molecule has 0 spiro atoms. The third-order valence-electron chi connectivity index (χ3n) is 5.17. The van der Waals surface area contributed by atoms with Gasteiger partial charge in [0.05, 0.1) is 22.1 Å². The molecular weight excluding hydrogens is 365 g/mol. The van der Waals surface area contributed by atoms with Crippen LogP contribution in [0.2, 0.25) is 10.0 Å². The van der Waals surface area contributed by atoms with Crippen LogP contribution in [0.15, 0.2) is 18.2 Å². The average Bonchev–Trinajstić information content (AvgIpc) is 3.20. The number of halogens is 2. The molecule has 7 heteroatoms. The number of aliphatic hydroxyl groups excluding tert-OH is 1. The topological polar surface area (TPSA) is 66.8 Å². The highest BCUT2D eigenvalue weighted by molar-refractivity contribution is 6.42. The number of carbonyl (C=O) groups excluding carboxylic acids is 2. The van der Waals surface area contributed by atoms with Crippen LogP contribution in [0.5, 0.6) is 0 Å². The van der Waals surface area contributed by atoms with Crippen molar-refractivity contribution >= 4 is 35.2 Å². The summed E-state index contributed by atoms with van der Waals surface area (Å²) in [6.45, 7) is 5.16. The van der Waals surface area contributed by atoms with Gasteiger partial charge in [-0.3, -0.25) is 4.79 Å². The molecule has 5 nitrogen and oxygen atoms in total. The summed E-state index contributed by atoms with van der Waals surface area (Å²) >= 11 is 12.1. The van der Waals surface area contributed by atoms with Crippen molar-refractivity contribution in [2.75, 3.05) is 13.2 Å². The van der Waals surface area contributed by atoms with Gasteiger partial charge in [0.2, 0.25) is 5.91 Å². The van der Waals surface area contributed by atoms with Crippen molar-refractivity contribution in [3.63, 3.8) is 0 Å². The molecule has 0 aromatic heterocycles. The maximum absolute atomic E-state index is 13.0. The fourth-order valence-corrected chi connectivity index (χ4v) is 4.12. The molecular formula is C18H21Cl2NO4. The quantitative estimate of drug-likeness (QED) is 0.840. The van der Waals surface area contributed by atoms with E-state index in [2.05, 4.69) is 0 Å². The molecule has 2 atom stereocenters. The Balaban J connectivity index is 1.90. The van der Waals surface area contributed by atoms with Gasteiger partial charge in [0, 0.05) is 12.0 Å². The fourth-order valence-electron chi connectivity index (χ4n) is 3.82. The molecule has 1 heterocycles. The second kappa shape index (κ2) is 5.86. The third kappa shape index (κ3) is 2.82. The molecule has 2 fully saturated rings. The van der Waals surface area contributed by atoms with Crippen molar-refractivity contribution in [1.29, 1.82) is 0 Å². The number of rotatable bonds is 2. The normalized spacial score (nSPS) is 28.6. The lowest BCUT2D eigenvalue weighted by molar-refractivity contribution is -0.141. The summed E-state index contributed by atoms with van der Waals surface area (Å²) in [4.78, 5) is 26.4. The van der Waals surface area contributed by atoms with Crippen molar-refractivity contribution in [1.82, 2.24) is 4.90 Å². The molecule has 1 aliphatic carbocycles. The second-order valence-corrected chi connectivity index (χ2v) is 8.63. The minimum atomic E-state index is -1.00. The van der Waals surface area contributed by atoms with Gasteiger partial charge in [0.15, 0.2) is 0 Å². The monoisotopic (exact) mass is 385 g/mol. The zero-order valence-corrected chi connectivity index (χ0v) is 15.9. The summed E-state index contributed by atoms with van der Waals surface area (Å²) in [5.41, 5.74) is -1.33. The first-order valence-electron chi connectivity index (χ1n) is 8.18.